The van der Waals surface area contributed by atoms with Crippen LogP contribution in [0.1, 0.15) is 28.9 Å². The van der Waals surface area contributed by atoms with Crippen LogP contribution in [0.3, 0.4) is 0 Å². The molecule has 0 aliphatic rings. The van der Waals surface area contributed by atoms with Gasteiger partial charge < -0.3 is 14.4 Å². The fourth-order valence-electron chi connectivity index (χ4n) is 2.88. The summed E-state index contributed by atoms with van der Waals surface area (Å²) < 4.78 is 7.09. The lowest BCUT2D eigenvalue weighted by atomic mass is 10.1. The molecule has 1 unspecified atom stereocenters. The Morgan fingerprint density at radius 3 is 2.62 bits per heavy atom. The highest BCUT2D eigenvalue weighted by Crippen LogP contribution is 2.30. The number of aliphatic carboxylic acids is 1. The topological polar surface area (TPSA) is 68.5 Å². The molecular weight excluding hydrogens is 306 g/mol. The van der Waals surface area contributed by atoms with E-state index in [9.17, 15) is 14.7 Å². The van der Waals surface area contributed by atoms with E-state index >= 15 is 0 Å². The maximum Gasteiger partial charge on any atom is 0.331 e. The Bertz CT molecular complexity index is 883. The van der Waals surface area contributed by atoms with E-state index in [2.05, 4.69) is 0 Å². The number of rotatable bonds is 6. The van der Waals surface area contributed by atoms with Crippen LogP contribution in [0.25, 0.3) is 10.9 Å². The fraction of sp³-hybridized carbons (Fsp3) is 0.158. The summed E-state index contributed by atoms with van der Waals surface area (Å²) in [7, 11) is 0. The van der Waals surface area contributed by atoms with Crippen molar-refractivity contribution < 1.29 is 19.4 Å². The van der Waals surface area contributed by atoms with Crippen LogP contribution in [0.2, 0.25) is 0 Å². The van der Waals surface area contributed by atoms with Crippen molar-refractivity contribution >= 4 is 23.2 Å². The third-order valence-corrected chi connectivity index (χ3v) is 3.90. The number of carbonyl (C=O) groups excluding carboxylic acids is 1. The Morgan fingerprint density at radius 2 is 2.00 bits per heavy atom. The first kappa shape index (κ1) is 15.8. The van der Waals surface area contributed by atoms with Crippen molar-refractivity contribution in [1.29, 1.82) is 0 Å². The van der Waals surface area contributed by atoms with Gasteiger partial charge in [-0.25, -0.2) is 4.79 Å². The molecule has 0 aliphatic carbocycles. The van der Waals surface area contributed by atoms with Gasteiger partial charge in [-0.15, -0.1) is 0 Å². The summed E-state index contributed by atoms with van der Waals surface area (Å²) in [4.78, 5) is 23.3. The van der Waals surface area contributed by atoms with Gasteiger partial charge in [-0.2, -0.15) is 0 Å². The second-order valence-electron chi connectivity index (χ2n) is 5.37. The predicted molar refractivity (Wildman–Crippen MR) is 90.7 cm³/mol. The van der Waals surface area contributed by atoms with E-state index in [-0.39, 0.29) is 0 Å². The first-order chi connectivity index (χ1) is 11.7. The molecule has 0 spiro atoms. The number of fused-ring (bicyclic) bond motifs is 1. The SMILES string of the molecule is CCOc1ccc2c(c1)c(C=O)cn2C(C(=O)O)c1ccccc1. The van der Waals surface area contributed by atoms with E-state index in [0.29, 0.717) is 34.4 Å². The second-order valence-corrected chi connectivity index (χ2v) is 5.37. The monoisotopic (exact) mass is 323 g/mol. The molecule has 3 aromatic rings. The highest BCUT2D eigenvalue weighted by molar-refractivity contribution is 5.99. The van der Waals surface area contributed by atoms with Crippen molar-refractivity contribution in [2.75, 3.05) is 6.61 Å². The number of carboxylic acids is 1. The zero-order valence-electron chi connectivity index (χ0n) is 13.2. The molecule has 24 heavy (non-hydrogen) atoms. The molecule has 2 aromatic carbocycles. The van der Waals surface area contributed by atoms with Crippen molar-refractivity contribution in [2.45, 2.75) is 13.0 Å². The molecule has 3 rings (SSSR count). The van der Waals surface area contributed by atoms with Crippen LogP contribution in [0.5, 0.6) is 5.75 Å². The number of nitrogens with zero attached hydrogens (tertiary/aromatic N) is 1. The lowest BCUT2D eigenvalue weighted by molar-refractivity contribution is -0.139. The molecule has 0 amide bonds. The van der Waals surface area contributed by atoms with Crippen molar-refractivity contribution in [3.05, 3.63) is 65.9 Å². The number of hydrogen-bond donors (Lipinski definition) is 1. The first-order valence-corrected chi connectivity index (χ1v) is 7.66. The lowest BCUT2D eigenvalue weighted by Gasteiger charge is -2.16. The molecule has 1 N–H and O–H groups in total. The number of carboxylic acid groups (broad SMARTS) is 1. The van der Waals surface area contributed by atoms with E-state index < -0.39 is 12.0 Å². The van der Waals surface area contributed by atoms with Crippen LogP contribution >= 0.6 is 0 Å². The van der Waals surface area contributed by atoms with Gasteiger partial charge in [0, 0.05) is 17.1 Å². The summed E-state index contributed by atoms with van der Waals surface area (Å²) in [5.74, 6) is -0.332. The molecule has 1 aromatic heterocycles. The zero-order valence-corrected chi connectivity index (χ0v) is 13.2. The summed E-state index contributed by atoms with van der Waals surface area (Å²) in [5, 5.41) is 10.4. The van der Waals surface area contributed by atoms with Gasteiger partial charge in [0.2, 0.25) is 0 Å². The Labute approximate surface area is 139 Å². The van der Waals surface area contributed by atoms with Gasteiger partial charge in [0.05, 0.1) is 12.1 Å². The summed E-state index contributed by atoms with van der Waals surface area (Å²) in [6.45, 7) is 2.40. The van der Waals surface area contributed by atoms with Crippen LogP contribution in [0.15, 0.2) is 54.7 Å². The predicted octanol–water partition coefficient (Wildman–Crippen LogP) is 3.53. The van der Waals surface area contributed by atoms with Crippen molar-refractivity contribution in [2.24, 2.45) is 0 Å². The van der Waals surface area contributed by atoms with Gasteiger partial charge >= 0.3 is 5.97 Å². The van der Waals surface area contributed by atoms with Gasteiger partial charge in [-0.1, -0.05) is 30.3 Å². The molecule has 0 aliphatic heterocycles. The summed E-state index contributed by atoms with van der Waals surface area (Å²) in [6.07, 6.45) is 2.32. The van der Waals surface area contributed by atoms with Gasteiger partial charge in [-0.3, -0.25) is 4.79 Å². The Hall–Kier alpha value is -3.08. The molecule has 1 heterocycles. The third kappa shape index (κ3) is 2.76. The molecular formula is C19H17NO4. The van der Waals surface area contributed by atoms with Gasteiger partial charge in [0.15, 0.2) is 12.3 Å². The number of ether oxygens (including phenoxy) is 1. The van der Waals surface area contributed by atoms with Crippen LogP contribution in [-0.2, 0) is 4.79 Å². The summed E-state index contributed by atoms with van der Waals surface area (Å²) in [5.41, 5.74) is 1.76. The van der Waals surface area contributed by atoms with Gasteiger partial charge in [0.1, 0.15) is 5.75 Å². The van der Waals surface area contributed by atoms with E-state index in [1.165, 1.54) is 0 Å². The van der Waals surface area contributed by atoms with Crippen molar-refractivity contribution in [1.82, 2.24) is 4.57 Å². The molecule has 0 fully saturated rings. The van der Waals surface area contributed by atoms with Crippen LogP contribution in [0, 0.1) is 0 Å². The van der Waals surface area contributed by atoms with Crippen LogP contribution in [-0.4, -0.2) is 28.5 Å². The van der Waals surface area contributed by atoms with Gasteiger partial charge in [-0.05, 0) is 30.7 Å². The largest absolute Gasteiger partial charge is 0.494 e. The number of benzene rings is 2. The normalized spacial score (nSPS) is 12.0. The van der Waals surface area contributed by atoms with E-state index in [1.54, 1.807) is 53.2 Å². The molecule has 0 radical (unpaired) electrons. The average molecular weight is 323 g/mol. The smallest absolute Gasteiger partial charge is 0.331 e. The van der Waals surface area contributed by atoms with Gasteiger partial charge in [0.25, 0.3) is 0 Å². The number of aldehydes is 1. The molecule has 0 bridgehead atoms. The summed E-state index contributed by atoms with van der Waals surface area (Å²) in [6, 6.07) is 13.4. The maximum absolute atomic E-state index is 11.9. The van der Waals surface area contributed by atoms with Crippen molar-refractivity contribution in [3.63, 3.8) is 0 Å². The average Bonchev–Trinajstić information content (AvgIpc) is 2.94. The molecule has 122 valence electrons. The Kier molecular flexibility index (Phi) is 4.33. The minimum Gasteiger partial charge on any atom is -0.494 e. The molecule has 0 saturated heterocycles. The van der Waals surface area contributed by atoms with E-state index in [1.807, 2.05) is 13.0 Å². The quantitative estimate of drug-likeness (QED) is 0.705. The zero-order chi connectivity index (χ0) is 17.1. The first-order valence-electron chi connectivity index (χ1n) is 7.66. The van der Waals surface area contributed by atoms with Crippen LogP contribution in [0.4, 0.5) is 0 Å². The Morgan fingerprint density at radius 1 is 1.25 bits per heavy atom. The molecule has 0 saturated carbocycles. The lowest BCUT2D eigenvalue weighted by Crippen LogP contribution is -2.19. The second kappa shape index (κ2) is 6.58. The minimum absolute atomic E-state index is 0.439. The number of carbonyl (C=O) groups is 2. The van der Waals surface area contributed by atoms with E-state index in [0.717, 1.165) is 6.29 Å². The molecule has 1 atom stereocenters. The van der Waals surface area contributed by atoms with E-state index in [4.69, 9.17) is 4.74 Å². The minimum atomic E-state index is -0.982. The number of aromatic nitrogens is 1. The summed E-state index contributed by atoms with van der Waals surface area (Å²) >= 11 is 0. The highest BCUT2D eigenvalue weighted by Gasteiger charge is 2.24. The standard InChI is InChI=1S/C19H17NO4/c1-2-24-15-8-9-17-16(10-15)14(12-21)11-20(17)18(19(22)23)13-6-4-3-5-7-13/h3-12,18H,2H2,1H3,(H,22,23). The highest BCUT2D eigenvalue weighted by atomic mass is 16.5. The fourth-order valence-corrected chi connectivity index (χ4v) is 2.88. The third-order valence-electron chi connectivity index (χ3n) is 3.90. The Balaban J connectivity index is 2.21. The van der Waals surface area contributed by atoms with Crippen molar-refractivity contribution in [3.8, 4) is 5.75 Å². The van der Waals surface area contributed by atoms with Crippen LogP contribution < -0.4 is 4.74 Å². The number of hydrogen-bond acceptors (Lipinski definition) is 3. The molecule has 5 heteroatoms. The molecule has 5 nitrogen and oxygen atoms in total. The maximum atomic E-state index is 11.9.